The molecule has 1 aliphatic heterocycles. The Hall–Kier alpha value is -0.740. The molecule has 0 aromatic carbocycles. The third-order valence-corrected chi connectivity index (χ3v) is 1.71. The van der Waals surface area contributed by atoms with E-state index in [1.54, 1.807) is 11.2 Å². The van der Waals surface area contributed by atoms with E-state index >= 15 is 0 Å². The van der Waals surface area contributed by atoms with Crippen LogP contribution in [0.1, 0.15) is 6.42 Å². The van der Waals surface area contributed by atoms with Gasteiger partial charge < -0.3 is 16.1 Å². The van der Waals surface area contributed by atoms with Crippen LogP contribution in [0.3, 0.4) is 0 Å². The third kappa shape index (κ3) is 1.62. The molecule has 0 radical (unpaired) electrons. The molecule has 0 aromatic rings. The van der Waals surface area contributed by atoms with E-state index in [2.05, 4.69) is 5.32 Å². The van der Waals surface area contributed by atoms with Gasteiger partial charge in [0.1, 0.15) is 0 Å². The van der Waals surface area contributed by atoms with Crippen molar-refractivity contribution in [1.29, 1.82) is 0 Å². The van der Waals surface area contributed by atoms with Gasteiger partial charge in [-0.2, -0.15) is 0 Å². The fourth-order valence-corrected chi connectivity index (χ4v) is 1.11. The molecule has 0 saturated carbocycles. The Labute approximate surface area is 60.8 Å². The van der Waals surface area contributed by atoms with Crippen molar-refractivity contribution in [3.8, 4) is 0 Å². The van der Waals surface area contributed by atoms with E-state index in [0.29, 0.717) is 6.04 Å². The predicted molar refractivity (Wildman–Crippen MR) is 40.6 cm³/mol. The van der Waals surface area contributed by atoms with Crippen molar-refractivity contribution in [3.05, 3.63) is 12.4 Å². The lowest BCUT2D eigenvalue weighted by Crippen LogP contribution is -2.38. The first-order valence-corrected chi connectivity index (χ1v) is 3.46. The smallest absolute Gasteiger partial charge is 0.0582 e. The molecule has 1 aliphatic rings. The van der Waals surface area contributed by atoms with Crippen molar-refractivity contribution in [2.75, 3.05) is 13.1 Å². The molecule has 0 aromatic heterocycles. The summed E-state index contributed by atoms with van der Waals surface area (Å²) in [6.07, 6.45) is 4.25. The Morgan fingerprint density at radius 3 is 2.90 bits per heavy atom. The number of nitrogens with one attached hydrogen (secondary N) is 1. The van der Waals surface area contributed by atoms with Crippen LogP contribution >= 0.6 is 0 Å². The van der Waals surface area contributed by atoms with Gasteiger partial charge in [-0.15, -0.1) is 0 Å². The molecule has 1 unspecified atom stereocenters. The van der Waals surface area contributed by atoms with Gasteiger partial charge in [0.2, 0.25) is 0 Å². The number of hydrogen-bond donors (Lipinski definition) is 3. The topological polar surface area (TPSA) is 67.3 Å². The van der Waals surface area contributed by atoms with Crippen molar-refractivity contribution in [3.63, 3.8) is 0 Å². The number of rotatable bonds is 2. The average Bonchev–Trinajstić information content (AvgIpc) is 2.38. The lowest BCUT2D eigenvalue weighted by Gasteiger charge is -2.19. The lowest BCUT2D eigenvalue weighted by molar-refractivity contribution is 0.301. The SMILES string of the molecule is N/C=C\N(N)C1CCNC1. The second-order valence-corrected chi connectivity index (χ2v) is 2.44. The van der Waals surface area contributed by atoms with Gasteiger partial charge in [-0.3, -0.25) is 0 Å². The highest BCUT2D eigenvalue weighted by molar-refractivity contribution is 4.84. The molecule has 10 heavy (non-hydrogen) atoms. The van der Waals surface area contributed by atoms with E-state index in [9.17, 15) is 0 Å². The van der Waals surface area contributed by atoms with Crippen LogP contribution in [0.15, 0.2) is 12.4 Å². The molecule has 58 valence electrons. The molecule has 0 aliphatic carbocycles. The van der Waals surface area contributed by atoms with Gasteiger partial charge in [-0.25, -0.2) is 5.84 Å². The second-order valence-electron chi connectivity index (χ2n) is 2.44. The largest absolute Gasteiger partial charge is 0.403 e. The summed E-state index contributed by atoms with van der Waals surface area (Å²) in [5.41, 5.74) is 5.17. The van der Waals surface area contributed by atoms with Gasteiger partial charge in [0.05, 0.1) is 6.04 Å². The number of nitrogens with zero attached hydrogens (tertiary/aromatic N) is 1. The predicted octanol–water partition coefficient (Wildman–Crippen LogP) is -1.05. The summed E-state index contributed by atoms with van der Waals surface area (Å²) >= 11 is 0. The normalized spacial score (nSPS) is 25.9. The Morgan fingerprint density at radius 2 is 2.40 bits per heavy atom. The summed E-state index contributed by atoms with van der Waals surface area (Å²) in [6, 6.07) is 0.416. The first kappa shape index (κ1) is 7.37. The van der Waals surface area contributed by atoms with Crippen LogP contribution in [-0.2, 0) is 0 Å². The minimum atomic E-state index is 0.416. The van der Waals surface area contributed by atoms with Gasteiger partial charge in [-0.05, 0) is 13.0 Å². The fourth-order valence-electron chi connectivity index (χ4n) is 1.11. The minimum absolute atomic E-state index is 0.416. The zero-order valence-corrected chi connectivity index (χ0v) is 5.96. The molecule has 5 N–H and O–H groups in total. The molecule has 1 rings (SSSR count). The van der Waals surface area contributed by atoms with Crippen molar-refractivity contribution in [1.82, 2.24) is 10.3 Å². The van der Waals surface area contributed by atoms with E-state index in [0.717, 1.165) is 19.5 Å². The molecule has 1 atom stereocenters. The maximum absolute atomic E-state index is 5.62. The van der Waals surface area contributed by atoms with Gasteiger partial charge in [0.25, 0.3) is 0 Å². The van der Waals surface area contributed by atoms with Crippen LogP contribution in [-0.4, -0.2) is 24.1 Å². The first-order chi connectivity index (χ1) is 4.84. The Balaban J connectivity index is 2.32. The summed E-state index contributed by atoms with van der Waals surface area (Å²) in [4.78, 5) is 0. The highest BCUT2D eigenvalue weighted by Crippen LogP contribution is 2.03. The molecular formula is C6H14N4. The molecule has 0 bridgehead atoms. The highest BCUT2D eigenvalue weighted by atomic mass is 15.4. The van der Waals surface area contributed by atoms with Gasteiger partial charge in [-0.1, -0.05) is 0 Å². The maximum Gasteiger partial charge on any atom is 0.0582 e. The van der Waals surface area contributed by atoms with Gasteiger partial charge in [0.15, 0.2) is 0 Å². The first-order valence-electron chi connectivity index (χ1n) is 3.46. The summed E-state index contributed by atoms with van der Waals surface area (Å²) in [5, 5.41) is 4.87. The Morgan fingerprint density at radius 1 is 1.60 bits per heavy atom. The monoisotopic (exact) mass is 142 g/mol. The van der Waals surface area contributed by atoms with Crippen molar-refractivity contribution < 1.29 is 0 Å². The summed E-state index contributed by atoms with van der Waals surface area (Å²) in [6.45, 7) is 2.01. The molecule has 1 fully saturated rings. The van der Waals surface area contributed by atoms with Crippen LogP contribution in [0, 0.1) is 0 Å². The molecule has 0 amide bonds. The summed E-state index contributed by atoms with van der Waals surface area (Å²) in [5.74, 6) is 5.62. The van der Waals surface area contributed by atoms with E-state index in [-0.39, 0.29) is 0 Å². The Bertz CT molecular complexity index is 117. The number of hydrogen-bond acceptors (Lipinski definition) is 4. The second kappa shape index (κ2) is 3.43. The standard InChI is InChI=1S/C6H14N4/c7-2-4-10(8)6-1-3-9-5-6/h2,4,6,9H,1,3,5,7-8H2/b4-2-. The van der Waals surface area contributed by atoms with Crippen LogP contribution in [0.25, 0.3) is 0 Å². The van der Waals surface area contributed by atoms with Crippen molar-refractivity contribution in [2.45, 2.75) is 12.5 Å². The lowest BCUT2D eigenvalue weighted by atomic mass is 10.2. The van der Waals surface area contributed by atoms with Crippen molar-refractivity contribution in [2.24, 2.45) is 11.6 Å². The fraction of sp³-hybridized carbons (Fsp3) is 0.667. The molecule has 4 heteroatoms. The van der Waals surface area contributed by atoms with Gasteiger partial charge in [0, 0.05) is 18.9 Å². The summed E-state index contributed by atoms with van der Waals surface area (Å²) < 4.78 is 0. The minimum Gasteiger partial charge on any atom is -0.403 e. The zero-order chi connectivity index (χ0) is 7.40. The van der Waals surface area contributed by atoms with Crippen LogP contribution in [0.2, 0.25) is 0 Å². The van der Waals surface area contributed by atoms with Crippen molar-refractivity contribution >= 4 is 0 Å². The third-order valence-electron chi connectivity index (χ3n) is 1.71. The van der Waals surface area contributed by atoms with Gasteiger partial charge >= 0.3 is 0 Å². The molecular weight excluding hydrogens is 128 g/mol. The number of nitrogens with two attached hydrogens (primary N) is 2. The maximum atomic E-state index is 5.62. The Kier molecular flexibility index (Phi) is 2.53. The van der Waals surface area contributed by atoms with E-state index < -0.39 is 0 Å². The molecule has 0 spiro atoms. The van der Waals surface area contributed by atoms with Crippen LogP contribution in [0.4, 0.5) is 0 Å². The van der Waals surface area contributed by atoms with Crippen LogP contribution in [0.5, 0.6) is 0 Å². The highest BCUT2D eigenvalue weighted by Gasteiger charge is 2.16. The van der Waals surface area contributed by atoms with E-state index in [1.165, 1.54) is 6.20 Å². The summed E-state index contributed by atoms with van der Waals surface area (Å²) in [7, 11) is 0. The molecule has 4 nitrogen and oxygen atoms in total. The molecule has 1 heterocycles. The molecule has 1 saturated heterocycles. The van der Waals surface area contributed by atoms with E-state index in [4.69, 9.17) is 11.6 Å². The van der Waals surface area contributed by atoms with Crippen LogP contribution < -0.4 is 16.9 Å². The zero-order valence-electron chi connectivity index (χ0n) is 5.96. The van der Waals surface area contributed by atoms with E-state index in [1.807, 2.05) is 0 Å². The number of hydrazine groups is 1. The average molecular weight is 142 g/mol. The quantitative estimate of drug-likeness (QED) is 0.340.